The number of hydrogen-bond donors (Lipinski definition) is 1. The number of nitrogens with zero attached hydrogens (tertiary/aromatic N) is 1. The number of benzene rings is 1. The second-order valence-electron chi connectivity index (χ2n) is 5.65. The van der Waals surface area contributed by atoms with Gasteiger partial charge >= 0.3 is 0 Å². The van der Waals surface area contributed by atoms with Gasteiger partial charge in [-0.1, -0.05) is 42.3 Å². The summed E-state index contributed by atoms with van der Waals surface area (Å²) in [5.41, 5.74) is 2.66. The number of nitrogens with one attached hydrogen (secondary N) is 1. The molecule has 1 aliphatic carbocycles. The Hall–Kier alpha value is -0.670. The quantitative estimate of drug-likeness (QED) is 0.810. The van der Waals surface area contributed by atoms with Crippen molar-refractivity contribution in [2.24, 2.45) is 10.4 Å². The van der Waals surface area contributed by atoms with Crippen molar-refractivity contribution in [3.8, 4) is 0 Å². The molecule has 1 fully saturated rings. The molecule has 19 heavy (non-hydrogen) atoms. The molecule has 0 bridgehead atoms. The van der Waals surface area contributed by atoms with Crippen molar-refractivity contribution in [3.05, 3.63) is 28.8 Å². The monoisotopic (exact) mass is 294 g/mol. The summed E-state index contributed by atoms with van der Waals surface area (Å²) in [7, 11) is 0. The number of rotatable bonds is 1. The van der Waals surface area contributed by atoms with E-state index in [2.05, 4.69) is 11.4 Å². The van der Waals surface area contributed by atoms with Crippen molar-refractivity contribution < 1.29 is 0 Å². The van der Waals surface area contributed by atoms with Crippen LogP contribution in [-0.2, 0) is 0 Å². The first kappa shape index (κ1) is 13.3. The van der Waals surface area contributed by atoms with Crippen molar-refractivity contribution in [3.63, 3.8) is 0 Å². The van der Waals surface area contributed by atoms with Crippen LogP contribution in [0.25, 0.3) is 0 Å². The lowest BCUT2D eigenvalue weighted by atomic mass is 9.89. The van der Waals surface area contributed by atoms with E-state index in [-0.39, 0.29) is 0 Å². The standard InChI is InChI=1S/C15H19ClN2S/c1-11-12(16)5-4-6-13(11)18-14-17-9-15(10-19-14)7-2-3-8-15/h4-6H,2-3,7-10H2,1H3,(H,17,18). The average molecular weight is 295 g/mol. The molecule has 1 aliphatic heterocycles. The Morgan fingerprint density at radius 1 is 1.32 bits per heavy atom. The Bertz CT molecular complexity index is 507. The van der Waals surface area contributed by atoms with Crippen LogP contribution in [-0.4, -0.2) is 17.5 Å². The smallest absolute Gasteiger partial charge is 0.161 e. The van der Waals surface area contributed by atoms with E-state index in [4.69, 9.17) is 16.6 Å². The molecule has 0 atom stereocenters. The van der Waals surface area contributed by atoms with Gasteiger partial charge in [0.1, 0.15) is 0 Å². The molecule has 1 N–H and O–H groups in total. The number of hydrogen-bond acceptors (Lipinski definition) is 3. The van der Waals surface area contributed by atoms with E-state index in [1.807, 2.05) is 30.8 Å². The Morgan fingerprint density at radius 2 is 2.11 bits per heavy atom. The molecule has 0 aromatic heterocycles. The van der Waals surface area contributed by atoms with Gasteiger partial charge in [0.05, 0.1) is 0 Å². The normalized spacial score (nSPS) is 21.5. The lowest BCUT2D eigenvalue weighted by Gasteiger charge is -2.31. The third-order valence-corrected chi connectivity index (χ3v) is 5.92. The maximum atomic E-state index is 6.14. The van der Waals surface area contributed by atoms with Crippen LogP contribution in [0.1, 0.15) is 31.2 Å². The largest absolute Gasteiger partial charge is 0.335 e. The minimum absolute atomic E-state index is 0.499. The number of anilines is 1. The van der Waals surface area contributed by atoms with E-state index in [0.29, 0.717) is 5.41 Å². The molecule has 1 aromatic carbocycles. The van der Waals surface area contributed by atoms with Crippen molar-refractivity contribution in [2.45, 2.75) is 32.6 Å². The van der Waals surface area contributed by atoms with Crippen LogP contribution in [0.15, 0.2) is 23.2 Å². The van der Waals surface area contributed by atoms with E-state index in [9.17, 15) is 0 Å². The molecule has 2 aliphatic rings. The van der Waals surface area contributed by atoms with Crippen LogP contribution in [0, 0.1) is 12.3 Å². The van der Waals surface area contributed by atoms with Crippen molar-refractivity contribution in [2.75, 3.05) is 17.6 Å². The number of aliphatic imine (C=N–C) groups is 1. The number of amidine groups is 1. The highest BCUT2D eigenvalue weighted by Gasteiger charge is 2.36. The molecular weight excluding hydrogens is 276 g/mol. The van der Waals surface area contributed by atoms with Gasteiger partial charge in [0.2, 0.25) is 0 Å². The summed E-state index contributed by atoms with van der Waals surface area (Å²) in [6.07, 6.45) is 5.47. The fraction of sp³-hybridized carbons (Fsp3) is 0.533. The van der Waals surface area contributed by atoms with Crippen molar-refractivity contribution >= 4 is 34.2 Å². The Kier molecular flexibility index (Phi) is 3.77. The first-order valence-electron chi connectivity index (χ1n) is 6.88. The van der Waals surface area contributed by atoms with Gasteiger partial charge in [-0.15, -0.1) is 0 Å². The predicted octanol–water partition coefficient (Wildman–Crippen LogP) is 4.72. The predicted molar refractivity (Wildman–Crippen MR) is 85.5 cm³/mol. The summed E-state index contributed by atoms with van der Waals surface area (Å²) in [6.45, 7) is 3.03. The molecule has 4 heteroatoms. The molecule has 1 saturated carbocycles. The summed E-state index contributed by atoms with van der Waals surface area (Å²) in [5.74, 6) is 1.21. The summed E-state index contributed by atoms with van der Waals surface area (Å²) < 4.78 is 0. The minimum atomic E-state index is 0.499. The molecule has 0 unspecified atom stereocenters. The molecule has 0 radical (unpaired) electrons. The molecule has 1 aromatic rings. The van der Waals surface area contributed by atoms with Crippen molar-refractivity contribution in [1.82, 2.24) is 0 Å². The summed E-state index contributed by atoms with van der Waals surface area (Å²) in [5, 5.41) is 5.27. The van der Waals surface area contributed by atoms with E-state index >= 15 is 0 Å². The summed E-state index contributed by atoms with van der Waals surface area (Å²) in [4.78, 5) is 4.76. The third kappa shape index (κ3) is 2.77. The SMILES string of the molecule is Cc1c(Cl)cccc1NC1=NCC2(CCCC2)CS1. The number of thioether (sulfide) groups is 1. The average Bonchev–Trinajstić information content (AvgIpc) is 2.86. The van der Waals surface area contributed by atoms with Crippen LogP contribution in [0.4, 0.5) is 5.69 Å². The molecule has 1 heterocycles. The van der Waals surface area contributed by atoms with Gasteiger partial charge in [0.15, 0.2) is 5.17 Å². The fourth-order valence-corrected chi connectivity index (χ4v) is 4.25. The van der Waals surface area contributed by atoms with Gasteiger partial charge in [0, 0.05) is 23.0 Å². The van der Waals surface area contributed by atoms with Gasteiger partial charge in [-0.05, 0) is 42.9 Å². The zero-order valence-corrected chi connectivity index (χ0v) is 12.8. The Morgan fingerprint density at radius 3 is 2.79 bits per heavy atom. The van der Waals surface area contributed by atoms with Crippen LogP contribution in [0.3, 0.4) is 0 Å². The molecule has 3 rings (SSSR count). The van der Waals surface area contributed by atoms with E-state index in [0.717, 1.165) is 28.0 Å². The minimum Gasteiger partial charge on any atom is -0.335 e. The summed E-state index contributed by atoms with van der Waals surface area (Å²) in [6, 6.07) is 5.96. The van der Waals surface area contributed by atoms with E-state index < -0.39 is 0 Å². The highest BCUT2D eigenvalue weighted by molar-refractivity contribution is 8.14. The van der Waals surface area contributed by atoms with Crippen LogP contribution >= 0.6 is 23.4 Å². The van der Waals surface area contributed by atoms with Crippen LogP contribution in [0.2, 0.25) is 5.02 Å². The van der Waals surface area contributed by atoms with E-state index in [1.165, 1.54) is 31.4 Å². The second-order valence-corrected chi connectivity index (χ2v) is 7.03. The van der Waals surface area contributed by atoms with Crippen LogP contribution < -0.4 is 5.32 Å². The Labute approximate surface area is 124 Å². The Balaban J connectivity index is 1.71. The zero-order chi connectivity index (χ0) is 13.3. The van der Waals surface area contributed by atoms with Gasteiger partial charge in [0.25, 0.3) is 0 Å². The lowest BCUT2D eigenvalue weighted by molar-refractivity contribution is 0.359. The van der Waals surface area contributed by atoms with Crippen LogP contribution in [0.5, 0.6) is 0 Å². The number of halogens is 1. The maximum Gasteiger partial charge on any atom is 0.161 e. The zero-order valence-electron chi connectivity index (χ0n) is 11.2. The highest BCUT2D eigenvalue weighted by atomic mass is 35.5. The fourth-order valence-electron chi connectivity index (χ4n) is 2.91. The van der Waals surface area contributed by atoms with Gasteiger partial charge in [-0.3, -0.25) is 4.99 Å². The van der Waals surface area contributed by atoms with Gasteiger partial charge in [-0.2, -0.15) is 0 Å². The molecule has 102 valence electrons. The molecule has 1 spiro atoms. The first-order valence-corrected chi connectivity index (χ1v) is 8.24. The maximum absolute atomic E-state index is 6.14. The molecular formula is C15H19ClN2S. The molecule has 0 amide bonds. The summed E-state index contributed by atoms with van der Waals surface area (Å²) >= 11 is 8.01. The third-order valence-electron chi connectivity index (χ3n) is 4.25. The van der Waals surface area contributed by atoms with Crippen molar-refractivity contribution in [1.29, 1.82) is 0 Å². The molecule has 0 saturated heterocycles. The van der Waals surface area contributed by atoms with Gasteiger partial charge < -0.3 is 5.32 Å². The van der Waals surface area contributed by atoms with Gasteiger partial charge in [-0.25, -0.2) is 0 Å². The topological polar surface area (TPSA) is 24.4 Å². The first-order chi connectivity index (χ1) is 9.19. The van der Waals surface area contributed by atoms with E-state index in [1.54, 1.807) is 0 Å². The second kappa shape index (κ2) is 5.37. The molecule has 2 nitrogen and oxygen atoms in total. The lowest BCUT2D eigenvalue weighted by Crippen LogP contribution is -2.30. The highest BCUT2D eigenvalue weighted by Crippen LogP contribution is 2.43.